The van der Waals surface area contributed by atoms with E-state index >= 15 is 0 Å². The van der Waals surface area contributed by atoms with E-state index in [4.69, 9.17) is 5.73 Å². The van der Waals surface area contributed by atoms with Gasteiger partial charge in [-0.1, -0.05) is 13.8 Å². The Hall–Kier alpha value is -0.570. The average Bonchev–Trinajstić information content (AvgIpc) is 2.94. The highest BCUT2D eigenvalue weighted by atomic mass is 16.2. The summed E-state index contributed by atoms with van der Waals surface area (Å²) in [7, 11) is 1.89. The summed E-state index contributed by atoms with van der Waals surface area (Å²) in [6.07, 6.45) is 1.94. The second-order valence-corrected chi connectivity index (χ2v) is 4.89. The first kappa shape index (κ1) is 11.5. The molecule has 0 spiro atoms. The SMILES string of the molecule is CC(C)C(C)N(C)C(=O)C1(CN)CC1. The summed E-state index contributed by atoms with van der Waals surface area (Å²) in [5, 5.41) is 0. The number of rotatable bonds is 4. The van der Waals surface area contributed by atoms with Crippen molar-refractivity contribution in [2.75, 3.05) is 13.6 Å². The zero-order chi connectivity index (χ0) is 10.9. The third kappa shape index (κ3) is 1.92. The van der Waals surface area contributed by atoms with Gasteiger partial charge in [0.05, 0.1) is 5.41 Å². The Balaban J connectivity index is 2.61. The van der Waals surface area contributed by atoms with E-state index in [0.29, 0.717) is 18.5 Å². The monoisotopic (exact) mass is 198 g/mol. The van der Waals surface area contributed by atoms with E-state index in [2.05, 4.69) is 20.8 Å². The summed E-state index contributed by atoms with van der Waals surface area (Å²) < 4.78 is 0. The molecule has 0 bridgehead atoms. The molecular weight excluding hydrogens is 176 g/mol. The number of hydrogen-bond acceptors (Lipinski definition) is 2. The van der Waals surface area contributed by atoms with Crippen LogP contribution < -0.4 is 5.73 Å². The van der Waals surface area contributed by atoms with Crippen LogP contribution in [0.1, 0.15) is 33.6 Å². The fraction of sp³-hybridized carbons (Fsp3) is 0.909. The van der Waals surface area contributed by atoms with Crippen LogP contribution in [0.3, 0.4) is 0 Å². The Kier molecular flexibility index (Phi) is 3.20. The van der Waals surface area contributed by atoms with Crippen molar-refractivity contribution in [2.24, 2.45) is 17.1 Å². The first-order valence-corrected chi connectivity index (χ1v) is 5.42. The molecule has 3 nitrogen and oxygen atoms in total. The van der Waals surface area contributed by atoms with Crippen LogP contribution >= 0.6 is 0 Å². The zero-order valence-electron chi connectivity index (χ0n) is 9.71. The first-order valence-electron chi connectivity index (χ1n) is 5.42. The molecule has 14 heavy (non-hydrogen) atoms. The predicted octanol–water partition coefficient (Wildman–Crippen LogP) is 1.23. The van der Waals surface area contributed by atoms with Gasteiger partial charge in [-0.15, -0.1) is 0 Å². The van der Waals surface area contributed by atoms with Gasteiger partial charge in [-0.3, -0.25) is 4.79 Å². The van der Waals surface area contributed by atoms with E-state index < -0.39 is 0 Å². The van der Waals surface area contributed by atoms with E-state index in [1.807, 2.05) is 11.9 Å². The van der Waals surface area contributed by atoms with Crippen LogP contribution in [-0.2, 0) is 4.79 Å². The fourth-order valence-electron chi connectivity index (χ4n) is 1.66. The van der Waals surface area contributed by atoms with Crippen molar-refractivity contribution in [1.29, 1.82) is 0 Å². The Morgan fingerprint density at radius 2 is 1.93 bits per heavy atom. The van der Waals surface area contributed by atoms with Crippen LogP contribution in [0.4, 0.5) is 0 Å². The second-order valence-electron chi connectivity index (χ2n) is 4.89. The molecule has 1 rings (SSSR count). The summed E-state index contributed by atoms with van der Waals surface area (Å²) in [5.41, 5.74) is 5.44. The molecule has 0 aromatic heterocycles. The molecule has 2 N–H and O–H groups in total. The van der Waals surface area contributed by atoms with E-state index in [-0.39, 0.29) is 11.3 Å². The summed E-state index contributed by atoms with van der Waals surface area (Å²) in [6.45, 7) is 6.86. The molecule has 1 amide bonds. The maximum atomic E-state index is 12.1. The highest BCUT2D eigenvalue weighted by Crippen LogP contribution is 2.46. The van der Waals surface area contributed by atoms with Crippen LogP contribution in [0.15, 0.2) is 0 Å². The van der Waals surface area contributed by atoms with Crippen molar-refractivity contribution in [3.63, 3.8) is 0 Å². The van der Waals surface area contributed by atoms with Crippen molar-refractivity contribution in [1.82, 2.24) is 4.90 Å². The third-order valence-electron chi connectivity index (χ3n) is 3.59. The lowest BCUT2D eigenvalue weighted by atomic mass is 10.0. The highest BCUT2D eigenvalue weighted by Gasteiger charge is 2.50. The molecular formula is C11H22N2O. The van der Waals surface area contributed by atoms with Crippen molar-refractivity contribution in [3.05, 3.63) is 0 Å². The van der Waals surface area contributed by atoms with Gasteiger partial charge < -0.3 is 10.6 Å². The van der Waals surface area contributed by atoms with E-state index in [0.717, 1.165) is 12.8 Å². The van der Waals surface area contributed by atoms with Gasteiger partial charge in [0.1, 0.15) is 0 Å². The Morgan fingerprint density at radius 3 is 2.21 bits per heavy atom. The zero-order valence-corrected chi connectivity index (χ0v) is 9.71. The quantitative estimate of drug-likeness (QED) is 0.738. The predicted molar refractivity (Wildman–Crippen MR) is 57.8 cm³/mol. The molecule has 0 aliphatic heterocycles. The van der Waals surface area contributed by atoms with Gasteiger partial charge >= 0.3 is 0 Å². The van der Waals surface area contributed by atoms with Gasteiger partial charge in [-0.05, 0) is 25.7 Å². The summed E-state index contributed by atoms with van der Waals surface area (Å²) in [5.74, 6) is 0.735. The molecule has 1 saturated carbocycles. The number of amides is 1. The minimum Gasteiger partial charge on any atom is -0.342 e. The lowest BCUT2D eigenvalue weighted by Crippen LogP contribution is -2.44. The van der Waals surface area contributed by atoms with Crippen LogP contribution in [0.25, 0.3) is 0 Å². The Bertz CT molecular complexity index is 221. The molecule has 0 saturated heterocycles. The van der Waals surface area contributed by atoms with Crippen LogP contribution in [0.5, 0.6) is 0 Å². The van der Waals surface area contributed by atoms with E-state index in [9.17, 15) is 4.79 Å². The minimum atomic E-state index is -0.197. The van der Waals surface area contributed by atoms with Crippen molar-refractivity contribution < 1.29 is 4.79 Å². The molecule has 1 aliphatic rings. The lowest BCUT2D eigenvalue weighted by molar-refractivity contribution is -0.137. The molecule has 0 heterocycles. The first-order chi connectivity index (χ1) is 6.44. The molecule has 1 aliphatic carbocycles. The van der Waals surface area contributed by atoms with Crippen molar-refractivity contribution >= 4 is 5.91 Å². The maximum absolute atomic E-state index is 12.1. The van der Waals surface area contributed by atoms with Gasteiger partial charge in [0, 0.05) is 19.6 Å². The fourth-order valence-corrected chi connectivity index (χ4v) is 1.66. The number of nitrogens with zero attached hydrogens (tertiary/aromatic N) is 1. The molecule has 0 radical (unpaired) electrons. The summed E-state index contributed by atoms with van der Waals surface area (Å²) in [4.78, 5) is 13.9. The number of hydrogen-bond donors (Lipinski definition) is 1. The van der Waals surface area contributed by atoms with Crippen LogP contribution in [-0.4, -0.2) is 30.4 Å². The standard InChI is InChI=1S/C11H22N2O/c1-8(2)9(3)13(4)10(14)11(7-12)5-6-11/h8-9H,5-7,12H2,1-4H3. The molecule has 1 atom stereocenters. The normalized spacial score (nSPS) is 20.7. The molecule has 1 unspecified atom stereocenters. The Labute approximate surface area is 86.6 Å². The van der Waals surface area contributed by atoms with Crippen molar-refractivity contribution in [3.8, 4) is 0 Å². The highest BCUT2D eigenvalue weighted by molar-refractivity contribution is 5.85. The van der Waals surface area contributed by atoms with Gasteiger partial charge in [0.15, 0.2) is 0 Å². The Morgan fingerprint density at radius 1 is 1.43 bits per heavy atom. The van der Waals surface area contributed by atoms with Gasteiger partial charge in [0.2, 0.25) is 5.91 Å². The van der Waals surface area contributed by atoms with Gasteiger partial charge in [0.25, 0.3) is 0 Å². The smallest absolute Gasteiger partial charge is 0.230 e. The topological polar surface area (TPSA) is 46.3 Å². The van der Waals surface area contributed by atoms with Crippen molar-refractivity contribution in [2.45, 2.75) is 39.7 Å². The minimum absolute atomic E-state index is 0.197. The molecule has 82 valence electrons. The third-order valence-corrected chi connectivity index (χ3v) is 3.59. The van der Waals surface area contributed by atoms with Crippen LogP contribution in [0, 0.1) is 11.3 Å². The summed E-state index contributed by atoms with van der Waals surface area (Å²) >= 11 is 0. The summed E-state index contributed by atoms with van der Waals surface area (Å²) in [6, 6.07) is 0.298. The maximum Gasteiger partial charge on any atom is 0.230 e. The number of carbonyl (C=O) groups is 1. The molecule has 0 aromatic rings. The largest absolute Gasteiger partial charge is 0.342 e. The lowest BCUT2D eigenvalue weighted by Gasteiger charge is -2.31. The second kappa shape index (κ2) is 3.89. The average molecular weight is 198 g/mol. The molecule has 0 aromatic carbocycles. The molecule has 3 heteroatoms. The van der Waals surface area contributed by atoms with Gasteiger partial charge in [-0.2, -0.15) is 0 Å². The van der Waals surface area contributed by atoms with Crippen LogP contribution in [0.2, 0.25) is 0 Å². The molecule has 1 fully saturated rings. The van der Waals surface area contributed by atoms with E-state index in [1.54, 1.807) is 0 Å². The van der Waals surface area contributed by atoms with E-state index in [1.165, 1.54) is 0 Å². The number of carbonyl (C=O) groups excluding carboxylic acids is 1. The number of nitrogens with two attached hydrogens (primary N) is 1. The van der Waals surface area contributed by atoms with Gasteiger partial charge in [-0.25, -0.2) is 0 Å².